The topological polar surface area (TPSA) is 66.6 Å². The van der Waals surface area contributed by atoms with E-state index in [1.54, 1.807) is 4.90 Å². The lowest BCUT2D eigenvalue weighted by Crippen LogP contribution is -2.45. The van der Waals surface area contributed by atoms with E-state index in [2.05, 4.69) is 0 Å². The Kier molecular flexibility index (Phi) is 3.68. The van der Waals surface area contributed by atoms with Crippen molar-refractivity contribution < 1.29 is 9.90 Å². The number of nitrogens with two attached hydrogens (primary N) is 1. The lowest BCUT2D eigenvalue weighted by atomic mass is 9.93. The molecular formula is C14H20N2O2. The number of hydrogen-bond acceptors (Lipinski definition) is 3. The number of rotatable bonds is 2. The number of hydrogen-bond donors (Lipinski definition) is 2. The summed E-state index contributed by atoms with van der Waals surface area (Å²) in [5, 5.41) is 9.86. The molecule has 1 aliphatic heterocycles. The van der Waals surface area contributed by atoms with E-state index >= 15 is 0 Å². The van der Waals surface area contributed by atoms with Gasteiger partial charge in [-0.25, -0.2) is 0 Å². The highest BCUT2D eigenvalue weighted by Crippen LogP contribution is 2.22. The molecule has 4 heteroatoms. The van der Waals surface area contributed by atoms with Crippen LogP contribution in [-0.2, 0) is 6.54 Å². The van der Waals surface area contributed by atoms with Crippen LogP contribution in [0, 0.1) is 0 Å². The number of carbonyl (C=O) groups is 1. The molecular weight excluding hydrogens is 228 g/mol. The molecule has 0 radical (unpaired) electrons. The van der Waals surface area contributed by atoms with Crippen LogP contribution in [0.2, 0.25) is 0 Å². The van der Waals surface area contributed by atoms with Crippen LogP contribution in [0.4, 0.5) is 0 Å². The Morgan fingerprint density at radius 3 is 2.39 bits per heavy atom. The Balaban J connectivity index is 2.03. The van der Waals surface area contributed by atoms with Gasteiger partial charge in [-0.05, 0) is 37.5 Å². The second-order valence-electron chi connectivity index (χ2n) is 5.19. The predicted molar refractivity (Wildman–Crippen MR) is 70.1 cm³/mol. The van der Waals surface area contributed by atoms with Gasteiger partial charge in [0.25, 0.3) is 5.91 Å². The van der Waals surface area contributed by atoms with Crippen molar-refractivity contribution in [3.05, 3.63) is 35.4 Å². The summed E-state index contributed by atoms with van der Waals surface area (Å²) < 4.78 is 0. The van der Waals surface area contributed by atoms with E-state index in [-0.39, 0.29) is 5.91 Å². The van der Waals surface area contributed by atoms with Crippen molar-refractivity contribution in [2.45, 2.75) is 31.9 Å². The monoisotopic (exact) mass is 248 g/mol. The average molecular weight is 248 g/mol. The van der Waals surface area contributed by atoms with Crippen LogP contribution in [0.5, 0.6) is 0 Å². The molecule has 0 aliphatic carbocycles. The smallest absolute Gasteiger partial charge is 0.253 e. The van der Waals surface area contributed by atoms with Gasteiger partial charge in [0.2, 0.25) is 0 Å². The largest absolute Gasteiger partial charge is 0.390 e. The van der Waals surface area contributed by atoms with Crippen molar-refractivity contribution in [2.24, 2.45) is 5.73 Å². The molecule has 1 fully saturated rings. The van der Waals surface area contributed by atoms with Gasteiger partial charge in [-0.2, -0.15) is 0 Å². The summed E-state index contributed by atoms with van der Waals surface area (Å²) in [7, 11) is 0. The lowest BCUT2D eigenvalue weighted by Gasteiger charge is -2.35. The average Bonchev–Trinajstić information content (AvgIpc) is 2.38. The van der Waals surface area contributed by atoms with Crippen LogP contribution in [0.15, 0.2) is 24.3 Å². The molecule has 1 amide bonds. The Bertz CT molecular complexity index is 416. The molecule has 18 heavy (non-hydrogen) atoms. The second kappa shape index (κ2) is 5.08. The van der Waals surface area contributed by atoms with Crippen molar-refractivity contribution in [2.75, 3.05) is 13.1 Å². The van der Waals surface area contributed by atoms with Crippen LogP contribution < -0.4 is 5.73 Å². The van der Waals surface area contributed by atoms with Crippen LogP contribution in [0.1, 0.15) is 35.7 Å². The first kappa shape index (κ1) is 13.1. The first-order valence-electron chi connectivity index (χ1n) is 6.32. The quantitative estimate of drug-likeness (QED) is 0.824. The molecule has 1 saturated heterocycles. The maximum Gasteiger partial charge on any atom is 0.253 e. The van der Waals surface area contributed by atoms with Gasteiger partial charge in [0, 0.05) is 25.2 Å². The summed E-state index contributed by atoms with van der Waals surface area (Å²) in [5.41, 5.74) is 6.61. The molecule has 0 saturated carbocycles. The number of likely N-dealkylation sites (tertiary alicyclic amines) is 1. The third-order valence-corrected chi connectivity index (χ3v) is 3.56. The highest BCUT2D eigenvalue weighted by atomic mass is 16.3. The standard InChI is InChI=1S/C14H20N2O2/c1-14(18)6-8-16(9-7-14)13(17)12-4-2-11(10-15)3-5-12/h2-5,18H,6-10,15H2,1H3. The fourth-order valence-electron chi connectivity index (χ4n) is 2.16. The third kappa shape index (κ3) is 2.89. The summed E-state index contributed by atoms with van der Waals surface area (Å²) in [5.74, 6) is 0.0362. The highest BCUT2D eigenvalue weighted by molar-refractivity contribution is 5.94. The molecule has 0 aromatic heterocycles. The minimum absolute atomic E-state index is 0.0362. The second-order valence-corrected chi connectivity index (χ2v) is 5.19. The van der Waals surface area contributed by atoms with E-state index in [0.717, 1.165) is 5.56 Å². The van der Waals surface area contributed by atoms with E-state index in [1.807, 2.05) is 31.2 Å². The van der Waals surface area contributed by atoms with Gasteiger partial charge in [-0.3, -0.25) is 4.79 Å². The number of nitrogens with zero attached hydrogens (tertiary/aromatic N) is 1. The summed E-state index contributed by atoms with van der Waals surface area (Å²) in [6, 6.07) is 7.40. The van der Waals surface area contributed by atoms with Crippen LogP contribution in [-0.4, -0.2) is 34.6 Å². The van der Waals surface area contributed by atoms with Gasteiger partial charge >= 0.3 is 0 Å². The zero-order chi connectivity index (χ0) is 13.2. The van der Waals surface area contributed by atoms with Crippen molar-refractivity contribution in [3.63, 3.8) is 0 Å². The fraction of sp³-hybridized carbons (Fsp3) is 0.500. The van der Waals surface area contributed by atoms with Crippen molar-refractivity contribution in [1.29, 1.82) is 0 Å². The number of piperidine rings is 1. The van der Waals surface area contributed by atoms with Gasteiger partial charge in [0.15, 0.2) is 0 Å². The molecule has 0 unspecified atom stereocenters. The van der Waals surface area contributed by atoms with Crippen molar-refractivity contribution in [3.8, 4) is 0 Å². The maximum absolute atomic E-state index is 12.2. The van der Waals surface area contributed by atoms with E-state index in [1.165, 1.54) is 0 Å². The van der Waals surface area contributed by atoms with Gasteiger partial charge in [0.1, 0.15) is 0 Å². The zero-order valence-electron chi connectivity index (χ0n) is 10.7. The molecule has 1 aromatic carbocycles. The van der Waals surface area contributed by atoms with Gasteiger partial charge in [-0.15, -0.1) is 0 Å². The van der Waals surface area contributed by atoms with Crippen LogP contribution >= 0.6 is 0 Å². The van der Waals surface area contributed by atoms with Crippen LogP contribution in [0.25, 0.3) is 0 Å². The predicted octanol–water partition coefficient (Wildman–Crippen LogP) is 1.13. The third-order valence-electron chi connectivity index (χ3n) is 3.56. The van der Waals surface area contributed by atoms with E-state index in [9.17, 15) is 9.90 Å². The molecule has 2 rings (SSSR count). The number of aliphatic hydroxyl groups is 1. The van der Waals surface area contributed by atoms with Gasteiger partial charge in [-0.1, -0.05) is 12.1 Å². The Hall–Kier alpha value is -1.39. The molecule has 4 nitrogen and oxygen atoms in total. The highest BCUT2D eigenvalue weighted by Gasteiger charge is 2.29. The van der Waals surface area contributed by atoms with Crippen molar-refractivity contribution >= 4 is 5.91 Å². The van der Waals surface area contributed by atoms with Crippen molar-refractivity contribution in [1.82, 2.24) is 4.90 Å². The number of benzene rings is 1. The molecule has 1 aromatic rings. The first-order chi connectivity index (χ1) is 8.52. The van der Waals surface area contributed by atoms with Crippen LogP contribution in [0.3, 0.4) is 0 Å². The molecule has 3 N–H and O–H groups in total. The summed E-state index contributed by atoms with van der Waals surface area (Å²) in [6.45, 7) is 3.54. The molecule has 98 valence electrons. The van der Waals surface area contributed by atoms with E-state index < -0.39 is 5.60 Å². The minimum atomic E-state index is -0.625. The normalized spacial score (nSPS) is 18.7. The Labute approximate surface area is 107 Å². The lowest BCUT2D eigenvalue weighted by molar-refractivity contribution is -0.00202. The molecule has 0 bridgehead atoms. The maximum atomic E-state index is 12.2. The Morgan fingerprint density at radius 1 is 1.33 bits per heavy atom. The first-order valence-corrected chi connectivity index (χ1v) is 6.32. The van der Waals surface area contributed by atoms with Gasteiger partial charge in [0.05, 0.1) is 5.60 Å². The SMILES string of the molecule is CC1(O)CCN(C(=O)c2ccc(CN)cc2)CC1. The minimum Gasteiger partial charge on any atom is -0.390 e. The molecule has 0 atom stereocenters. The fourth-order valence-corrected chi connectivity index (χ4v) is 2.16. The zero-order valence-corrected chi connectivity index (χ0v) is 10.7. The summed E-state index contributed by atoms with van der Waals surface area (Å²) in [4.78, 5) is 14.0. The number of amides is 1. The van der Waals surface area contributed by atoms with E-state index in [0.29, 0.717) is 38.0 Å². The summed E-state index contributed by atoms with van der Waals surface area (Å²) in [6.07, 6.45) is 1.28. The van der Waals surface area contributed by atoms with Gasteiger partial charge < -0.3 is 15.7 Å². The van der Waals surface area contributed by atoms with E-state index in [4.69, 9.17) is 5.73 Å². The summed E-state index contributed by atoms with van der Waals surface area (Å²) >= 11 is 0. The Morgan fingerprint density at radius 2 is 1.89 bits per heavy atom. The number of carbonyl (C=O) groups excluding carboxylic acids is 1. The molecule has 1 heterocycles. The molecule has 1 aliphatic rings. The molecule has 0 spiro atoms.